The molecule has 0 saturated carbocycles. The molecule has 2 N–H and O–H groups in total. The minimum absolute atomic E-state index is 0.0649. The molecule has 0 aliphatic carbocycles. The van der Waals surface area contributed by atoms with Crippen molar-refractivity contribution in [1.82, 2.24) is 20.5 Å². The fourth-order valence-electron chi connectivity index (χ4n) is 1.78. The molecule has 1 unspecified atom stereocenters. The van der Waals surface area contributed by atoms with Gasteiger partial charge in [-0.05, 0) is 19.1 Å². The predicted octanol–water partition coefficient (Wildman–Crippen LogP) is 1.98. The van der Waals surface area contributed by atoms with Crippen LogP contribution in [0.1, 0.15) is 24.4 Å². The SMILES string of the molecule is CC(NCCc1ncn[nH]1)c1c(F)cccc1F. The van der Waals surface area contributed by atoms with Crippen LogP contribution in [-0.4, -0.2) is 21.7 Å². The maximum Gasteiger partial charge on any atom is 0.137 e. The largest absolute Gasteiger partial charge is 0.310 e. The molecule has 0 radical (unpaired) electrons. The zero-order valence-corrected chi connectivity index (χ0v) is 9.95. The molecular weight excluding hydrogens is 238 g/mol. The Balaban J connectivity index is 1.93. The Morgan fingerprint density at radius 3 is 2.67 bits per heavy atom. The van der Waals surface area contributed by atoms with Crippen LogP contribution in [0, 0.1) is 11.6 Å². The normalized spacial score (nSPS) is 12.6. The van der Waals surface area contributed by atoms with Crippen LogP contribution in [0.5, 0.6) is 0 Å². The van der Waals surface area contributed by atoms with Crippen LogP contribution in [0.25, 0.3) is 0 Å². The first-order valence-corrected chi connectivity index (χ1v) is 5.70. The summed E-state index contributed by atoms with van der Waals surface area (Å²) in [5.41, 5.74) is 0.0649. The predicted molar refractivity (Wildman–Crippen MR) is 62.9 cm³/mol. The molecule has 1 heterocycles. The molecule has 96 valence electrons. The lowest BCUT2D eigenvalue weighted by Crippen LogP contribution is -2.23. The molecule has 1 atom stereocenters. The Kier molecular flexibility index (Phi) is 3.99. The highest BCUT2D eigenvalue weighted by atomic mass is 19.1. The van der Waals surface area contributed by atoms with Gasteiger partial charge in [-0.25, -0.2) is 13.8 Å². The van der Waals surface area contributed by atoms with Crippen LogP contribution >= 0.6 is 0 Å². The lowest BCUT2D eigenvalue weighted by molar-refractivity contribution is 0.488. The van der Waals surface area contributed by atoms with Crippen LogP contribution in [0.15, 0.2) is 24.5 Å². The molecule has 4 nitrogen and oxygen atoms in total. The fourth-order valence-corrected chi connectivity index (χ4v) is 1.78. The number of nitrogens with zero attached hydrogens (tertiary/aromatic N) is 2. The fraction of sp³-hybridized carbons (Fsp3) is 0.333. The smallest absolute Gasteiger partial charge is 0.137 e. The van der Waals surface area contributed by atoms with E-state index in [-0.39, 0.29) is 5.56 Å². The summed E-state index contributed by atoms with van der Waals surface area (Å²) in [5, 5.41) is 9.50. The van der Waals surface area contributed by atoms with Gasteiger partial charge < -0.3 is 5.32 Å². The summed E-state index contributed by atoms with van der Waals surface area (Å²) in [7, 11) is 0. The quantitative estimate of drug-likeness (QED) is 0.855. The van der Waals surface area contributed by atoms with Crippen molar-refractivity contribution in [3.63, 3.8) is 0 Å². The highest BCUT2D eigenvalue weighted by Crippen LogP contribution is 2.19. The summed E-state index contributed by atoms with van der Waals surface area (Å²) >= 11 is 0. The highest BCUT2D eigenvalue weighted by Gasteiger charge is 2.15. The molecular formula is C12H14F2N4. The zero-order valence-electron chi connectivity index (χ0n) is 9.95. The molecule has 6 heteroatoms. The molecule has 0 spiro atoms. The monoisotopic (exact) mass is 252 g/mol. The Hall–Kier alpha value is -1.82. The molecule has 0 aliphatic heterocycles. The molecule has 0 saturated heterocycles. The summed E-state index contributed by atoms with van der Waals surface area (Å²) in [5.74, 6) is -0.326. The molecule has 0 bridgehead atoms. The van der Waals surface area contributed by atoms with E-state index in [1.807, 2.05) is 0 Å². The highest BCUT2D eigenvalue weighted by molar-refractivity contribution is 5.22. The number of nitrogens with one attached hydrogen (secondary N) is 2. The van der Waals surface area contributed by atoms with Crippen molar-refractivity contribution in [2.75, 3.05) is 6.54 Å². The number of aromatic nitrogens is 3. The zero-order chi connectivity index (χ0) is 13.0. The Labute approximate surface area is 103 Å². The second kappa shape index (κ2) is 5.68. The number of H-pyrrole nitrogens is 1. The van der Waals surface area contributed by atoms with Crippen LogP contribution in [-0.2, 0) is 6.42 Å². The number of benzene rings is 1. The maximum atomic E-state index is 13.5. The van der Waals surface area contributed by atoms with Crippen molar-refractivity contribution in [3.05, 3.63) is 47.5 Å². The lowest BCUT2D eigenvalue weighted by Gasteiger charge is -2.15. The van der Waals surface area contributed by atoms with Crippen LogP contribution < -0.4 is 5.32 Å². The van der Waals surface area contributed by atoms with Crippen LogP contribution in [0.2, 0.25) is 0 Å². The molecule has 1 aromatic heterocycles. The topological polar surface area (TPSA) is 53.6 Å². The van der Waals surface area contributed by atoms with E-state index in [0.717, 1.165) is 5.82 Å². The number of hydrogen-bond acceptors (Lipinski definition) is 3. The Morgan fingerprint density at radius 2 is 2.06 bits per heavy atom. The van der Waals surface area contributed by atoms with Crippen molar-refractivity contribution in [1.29, 1.82) is 0 Å². The number of hydrogen-bond donors (Lipinski definition) is 2. The summed E-state index contributed by atoms with van der Waals surface area (Å²) in [6, 6.07) is 3.48. The van der Waals surface area contributed by atoms with Crippen molar-refractivity contribution < 1.29 is 8.78 Å². The first kappa shape index (κ1) is 12.6. The number of halogens is 2. The second-order valence-corrected chi connectivity index (χ2v) is 3.99. The minimum Gasteiger partial charge on any atom is -0.310 e. The third-order valence-electron chi connectivity index (χ3n) is 2.71. The molecule has 2 aromatic rings. The van der Waals surface area contributed by atoms with Gasteiger partial charge in [-0.3, -0.25) is 5.10 Å². The first-order valence-electron chi connectivity index (χ1n) is 5.70. The molecule has 1 aromatic carbocycles. The standard InChI is InChI=1S/C12H14F2N4/c1-8(12-9(13)3-2-4-10(12)14)15-6-5-11-16-7-17-18-11/h2-4,7-8,15H,5-6H2,1H3,(H,16,17,18). The van der Waals surface area contributed by atoms with Crippen LogP contribution in [0.4, 0.5) is 8.78 Å². The van der Waals surface area contributed by atoms with E-state index in [1.54, 1.807) is 6.92 Å². The molecule has 0 fully saturated rings. The van der Waals surface area contributed by atoms with E-state index < -0.39 is 17.7 Å². The van der Waals surface area contributed by atoms with Gasteiger partial charge in [-0.1, -0.05) is 6.07 Å². The Morgan fingerprint density at radius 1 is 1.33 bits per heavy atom. The van der Waals surface area contributed by atoms with Gasteiger partial charge in [0, 0.05) is 24.6 Å². The first-order chi connectivity index (χ1) is 8.68. The van der Waals surface area contributed by atoms with E-state index >= 15 is 0 Å². The van der Waals surface area contributed by atoms with Gasteiger partial charge >= 0.3 is 0 Å². The summed E-state index contributed by atoms with van der Waals surface area (Å²) in [6.07, 6.45) is 2.05. The van der Waals surface area contributed by atoms with Crippen molar-refractivity contribution >= 4 is 0 Å². The average Bonchev–Trinajstić information content (AvgIpc) is 2.82. The van der Waals surface area contributed by atoms with Gasteiger partial charge in [-0.2, -0.15) is 5.10 Å². The average molecular weight is 252 g/mol. The van der Waals surface area contributed by atoms with E-state index in [1.165, 1.54) is 24.5 Å². The summed E-state index contributed by atoms with van der Waals surface area (Å²) in [4.78, 5) is 3.97. The maximum absolute atomic E-state index is 13.5. The third kappa shape index (κ3) is 2.89. The number of aromatic amines is 1. The summed E-state index contributed by atoms with van der Waals surface area (Å²) < 4.78 is 27.0. The van der Waals surface area contributed by atoms with Crippen molar-refractivity contribution in [2.24, 2.45) is 0 Å². The second-order valence-electron chi connectivity index (χ2n) is 3.99. The van der Waals surface area contributed by atoms with E-state index in [0.29, 0.717) is 13.0 Å². The van der Waals surface area contributed by atoms with Crippen molar-refractivity contribution in [3.8, 4) is 0 Å². The Bertz CT molecular complexity index is 479. The molecule has 18 heavy (non-hydrogen) atoms. The van der Waals surface area contributed by atoms with E-state index in [2.05, 4.69) is 20.5 Å². The van der Waals surface area contributed by atoms with Crippen LogP contribution in [0.3, 0.4) is 0 Å². The van der Waals surface area contributed by atoms with Gasteiger partial charge in [-0.15, -0.1) is 0 Å². The molecule has 2 rings (SSSR count). The van der Waals surface area contributed by atoms with Gasteiger partial charge in [0.2, 0.25) is 0 Å². The summed E-state index contributed by atoms with van der Waals surface area (Å²) in [6.45, 7) is 2.28. The van der Waals surface area contributed by atoms with E-state index in [9.17, 15) is 8.78 Å². The molecule has 0 aliphatic rings. The van der Waals surface area contributed by atoms with Gasteiger partial charge in [0.1, 0.15) is 23.8 Å². The lowest BCUT2D eigenvalue weighted by atomic mass is 10.1. The number of rotatable bonds is 5. The van der Waals surface area contributed by atoms with Crippen molar-refractivity contribution in [2.45, 2.75) is 19.4 Å². The molecule has 0 amide bonds. The van der Waals surface area contributed by atoms with Gasteiger partial charge in [0.05, 0.1) is 0 Å². The van der Waals surface area contributed by atoms with Gasteiger partial charge in [0.15, 0.2) is 0 Å². The third-order valence-corrected chi connectivity index (χ3v) is 2.71. The minimum atomic E-state index is -0.533. The van der Waals surface area contributed by atoms with Gasteiger partial charge in [0.25, 0.3) is 0 Å². The van der Waals surface area contributed by atoms with E-state index in [4.69, 9.17) is 0 Å².